The molecule has 1 aliphatic rings. The van der Waals surface area contributed by atoms with Crippen LogP contribution in [0.2, 0.25) is 0 Å². The Morgan fingerprint density at radius 2 is 1.86 bits per heavy atom. The highest BCUT2D eigenvalue weighted by Gasteiger charge is 2.30. The molecule has 0 spiro atoms. The molecule has 0 atom stereocenters. The van der Waals surface area contributed by atoms with Crippen LogP contribution in [0.5, 0.6) is 0 Å². The Bertz CT molecular complexity index is 414. The standard InChI is InChI=1S/C14H23N3O4/c1-4-7-17(10-12(18)19)13(20)11-5-8-16(9-6-11)14(21)15(2)3/h4,11H,1,5-10H2,2-3H3,(H,18,19). The van der Waals surface area contributed by atoms with Crippen LogP contribution in [0.1, 0.15) is 12.8 Å². The van der Waals surface area contributed by atoms with Gasteiger partial charge in [-0.2, -0.15) is 0 Å². The third kappa shape index (κ3) is 4.77. The van der Waals surface area contributed by atoms with Crippen molar-refractivity contribution in [3.8, 4) is 0 Å². The molecule has 0 saturated carbocycles. The van der Waals surface area contributed by atoms with Gasteiger partial charge in [0.2, 0.25) is 5.91 Å². The van der Waals surface area contributed by atoms with E-state index in [0.717, 1.165) is 0 Å². The summed E-state index contributed by atoms with van der Waals surface area (Å²) < 4.78 is 0. The monoisotopic (exact) mass is 297 g/mol. The van der Waals surface area contributed by atoms with Gasteiger partial charge in [-0.1, -0.05) is 6.08 Å². The molecule has 7 heteroatoms. The minimum atomic E-state index is -1.04. The molecule has 0 radical (unpaired) electrons. The maximum atomic E-state index is 12.3. The van der Waals surface area contributed by atoms with Crippen LogP contribution in [-0.2, 0) is 9.59 Å². The molecule has 0 aromatic rings. The van der Waals surface area contributed by atoms with Gasteiger partial charge in [-0.25, -0.2) is 4.79 Å². The molecule has 21 heavy (non-hydrogen) atoms. The van der Waals surface area contributed by atoms with Crippen molar-refractivity contribution in [2.45, 2.75) is 12.8 Å². The van der Waals surface area contributed by atoms with Crippen LogP contribution in [0.15, 0.2) is 12.7 Å². The average molecular weight is 297 g/mol. The Kier molecular flexibility index (Phi) is 6.20. The number of piperidine rings is 1. The second kappa shape index (κ2) is 7.66. The van der Waals surface area contributed by atoms with Crippen LogP contribution < -0.4 is 0 Å². The van der Waals surface area contributed by atoms with Gasteiger partial charge in [-0.05, 0) is 12.8 Å². The summed E-state index contributed by atoms with van der Waals surface area (Å²) in [6, 6.07) is -0.0608. The first-order valence-electron chi connectivity index (χ1n) is 6.94. The number of nitrogens with zero attached hydrogens (tertiary/aromatic N) is 3. The topological polar surface area (TPSA) is 81.2 Å². The van der Waals surface area contributed by atoms with Crippen molar-refractivity contribution in [2.24, 2.45) is 5.92 Å². The quantitative estimate of drug-likeness (QED) is 0.748. The SMILES string of the molecule is C=CCN(CC(=O)O)C(=O)C1CCN(C(=O)N(C)C)CC1. The number of rotatable bonds is 5. The number of hydrogen-bond donors (Lipinski definition) is 1. The van der Waals surface area contributed by atoms with Crippen LogP contribution in [0, 0.1) is 5.92 Å². The molecule has 1 rings (SSSR count). The lowest BCUT2D eigenvalue weighted by Gasteiger charge is -2.34. The summed E-state index contributed by atoms with van der Waals surface area (Å²) in [7, 11) is 3.39. The lowest BCUT2D eigenvalue weighted by atomic mass is 9.95. The molecular weight excluding hydrogens is 274 g/mol. The summed E-state index contributed by atoms with van der Waals surface area (Å²) in [5.41, 5.74) is 0. The molecule has 118 valence electrons. The van der Waals surface area contributed by atoms with Gasteiger partial charge in [0.1, 0.15) is 6.54 Å². The van der Waals surface area contributed by atoms with Gasteiger partial charge in [0.25, 0.3) is 0 Å². The van der Waals surface area contributed by atoms with E-state index in [9.17, 15) is 14.4 Å². The van der Waals surface area contributed by atoms with E-state index in [2.05, 4.69) is 6.58 Å². The Morgan fingerprint density at radius 3 is 2.29 bits per heavy atom. The second-order valence-corrected chi connectivity index (χ2v) is 5.34. The highest BCUT2D eigenvalue weighted by Crippen LogP contribution is 2.20. The minimum absolute atomic E-state index is 0.0608. The van der Waals surface area contributed by atoms with E-state index in [0.29, 0.717) is 25.9 Å². The molecule has 1 aliphatic heterocycles. The highest BCUT2D eigenvalue weighted by atomic mass is 16.4. The van der Waals surface area contributed by atoms with Crippen molar-refractivity contribution >= 4 is 17.9 Å². The smallest absolute Gasteiger partial charge is 0.323 e. The van der Waals surface area contributed by atoms with Gasteiger partial charge in [0.05, 0.1) is 0 Å². The van der Waals surface area contributed by atoms with Crippen LogP contribution in [0.4, 0.5) is 4.79 Å². The van der Waals surface area contributed by atoms with Gasteiger partial charge >= 0.3 is 12.0 Å². The van der Waals surface area contributed by atoms with Crippen LogP contribution in [0.25, 0.3) is 0 Å². The first kappa shape index (κ1) is 17.0. The summed E-state index contributed by atoms with van der Waals surface area (Å²) in [6.45, 7) is 4.48. The zero-order valence-corrected chi connectivity index (χ0v) is 12.6. The van der Waals surface area contributed by atoms with Gasteiger partial charge in [0, 0.05) is 39.6 Å². The van der Waals surface area contributed by atoms with Crippen molar-refractivity contribution in [2.75, 3.05) is 40.3 Å². The molecule has 0 aliphatic carbocycles. The Labute approximate surface area is 124 Å². The molecule has 0 bridgehead atoms. The van der Waals surface area contributed by atoms with E-state index in [4.69, 9.17) is 5.11 Å². The normalized spacial score (nSPS) is 15.4. The fraction of sp³-hybridized carbons (Fsp3) is 0.643. The van der Waals surface area contributed by atoms with E-state index in [1.807, 2.05) is 0 Å². The first-order valence-corrected chi connectivity index (χ1v) is 6.94. The van der Waals surface area contributed by atoms with E-state index < -0.39 is 5.97 Å². The summed E-state index contributed by atoms with van der Waals surface area (Å²) in [4.78, 5) is 39.5. The molecule has 0 aromatic carbocycles. The molecule has 7 nitrogen and oxygen atoms in total. The number of carboxylic acid groups (broad SMARTS) is 1. The van der Waals surface area contributed by atoms with E-state index in [-0.39, 0.29) is 30.9 Å². The van der Waals surface area contributed by atoms with Gasteiger partial charge < -0.3 is 19.8 Å². The zero-order valence-electron chi connectivity index (χ0n) is 12.6. The summed E-state index contributed by atoms with van der Waals surface area (Å²) >= 11 is 0. The molecule has 1 heterocycles. The molecule has 0 aromatic heterocycles. The van der Waals surface area contributed by atoms with E-state index in [1.54, 1.807) is 19.0 Å². The van der Waals surface area contributed by atoms with Crippen molar-refractivity contribution < 1.29 is 19.5 Å². The molecule has 1 N–H and O–H groups in total. The molecule has 1 fully saturated rings. The number of carboxylic acids is 1. The Balaban J connectivity index is 2.59. The predicted molar refractivity (Wildman–Crippen MR) is 77.8 cm³/mol. The first-order chi connectivity index (χ1) is 9.86. The number of hydrogen-bond acceptors (Lipinski definition) is 3. The zero-order chi connectivity index (χ0) is 16.0. The van der Waals surface area contributed by atoms with E-state index >= 15 is 0 Å². The number of likely N-dealkylation sites (tertiary alicyclic amines) is 1. The van der Waals surface area contributed by atoms with Crippen molar-refractivity contribution in [3.05, 3.63) is 12.7 Å². The number of urea groups is 1. The number of carbonyl (C=O) groups excluding carboxylic acids is 2. The Hall–Kier alpha value is -2.05. The number of carbonyl (C=O) groups is 3. The van der Waals surface area contributed by atoms with Crippen LogP contribution in [-0.4, -0.2) is 78.0 Å². The summed E-state index contributed by atoms with van der Waals surface area (Å²) in [5, 5.41) is 8.85. The fourth-order valence-electron chi connectivity index (χ4n) is 2.41. The van der Waals surface area contributed by atoms with Gasteiger partial charge in [-0.15, -0.1) is 6.58 Å². The predicted octanol–water partition coefficient (Wildman–Crippen LogP) is 0.479. The average Bonchev–Trinajstić information content (AvgIpc) is 2.45. The third-order valence-corrected chi connectivity index (χ3v) is 3.48. The largest absolute Gasteiger partial charge is 0.480 e. The third-order valence-electron chi connectivity index (χ3n) is 3.48. The second-order valence-electron chi connectivity index (χ2n) is 5.34. The van der Waals surface area contributed by atoms with Crippen LogP contribution in [0.3, 0.4) is 0 Å². The maximum absolute atomic E-state index is 12.3. The van der Waals surface area contributed by atoms with Crippen LogP contribution >= 0.6 is 0 Å². The molecular formula is C14H23N3O4. The van der Waals surface area contributed by atoms with Gasteiger partial charge in [0.15, 0.2) is 0 Å². The summed E-state index contributed by atoms with van der Waals surface area (Å²) in [5.74, 6) is -1.44. The lowest BCUT2D eigenvalue weighted by molar-refractivity contribution is -0.146. The fourth-order valence-corrected chi connectivity index (χ4v) is 2.41. The number of amides is 3. The number of aliphatic carboxylic acids is 1. The van der Waals surface area contributed by atoms with E-state index in [1.165, 1.54) is 15.9 Å². The van der Waals surface area contributed by atoms with Crippen molar-refractivity contribution in [1.29, 1.82) is 0 Å². The maximum Gasteiger partial charge on any atom is 0.323 e. The Morgan fingerprint density at radius 1 is 1.29 bits per heavy atom. The summed E-state index contributed by atoms with van der Waals surface area (Å²) in [6.07, 6.45) is 2.64. The van der Waals surface area contributed by atoms with Crippen molar-refractivity contribution in [1.82, 2.24) is 14.7 Å². The minimum Gasteiger partial charge on any atom is -0.480 e. The van der Waals surface area contributed by atoms with Gasteiger partial charge in [-0.3, -0.25) is 9.59 Å². The highest BCUT2D eigenvalue weighted by molar-refractivity contribution is 5.83. The molecule has 0 unspecified atom stereocenters. The molecule has 1 saturated heterocycles. The lowest BCUT2D eigenvalue weighted by Crippen LogP contribution is -2.48. The molecule has 3 amide bonds. The van der Waals surface area contributed by atoms with Crippen molar-refractivity contribution in [3.63, 3.8) is 0 Å².